The molecule has 1 aromatic rings. The van der Waals surface area contributed by atoms with Gasteiger partial charge in [0.25, 0.3) is 0 Å². The molecule has 0 heterocycles. The molecule has 0 fully saturated rings. The summed E-state index contributed by atoms with van der Waals surface area (Å²) in [6, 6.07) is 5.01. The lowest BCUT2D eigenvalue weighted by molar-refractivity contribution is 0.111. The van der Waals surface area contributed by atoms with Gasteiger partial charge in [0.05, 0.1) is 12.2 Å². The first-order valence-electron chi connectivity index (χ1n) is 5.14. The van der Waals surface area contributed by atoms with Crippen LogP contribution in [0.1, 0.15) is 23.2 Å². The fraction of sp³-hybridized carbons (Fsp3) is 0.417. The smallest absolute Gasteiger partial charge is 0.153 e. The van der Waals surface area contributed by atoms with Gasteiger partial charge in [-0.1, -0.05) is 11.6 Å². The molecule has 0 aliphatic carbocycles. The van der Waals surface area contributed by atoms with Crippen LogP contribution in [0, 0.1) is 0 Å². The SMILES string of the molecule is COCCCCOc1ccc(Cl)cc1C=O. The van der Waals surface area contributed by atoms with E-state index in [1.54, 1.807) is 25.3 Å². The van der Waals surface area contributed by atoms with Crippen LogP contribution in [0.5, 0.6) is 5.75 Å². The fourth-order valence-electron chi connectivity index (χ4n) is 1.27. The van der Waals surface area contributed by atoms with Crippen molar-refractivity contribution < 1.29 is 14.3 Å². The zero-order chi connectivity index (χ0) is 11.8. The van der Waals surface area contributed by atoms with Gasteiger partial charge in [-0.15, -0.1) is 0 Å². The van der Waals surface area contributed by atoms with Crippen LogP contribution < -0.4 is 4.74 Å². The summed E-state index contributed by atoms with van der Waals surface area (Å²) in [5, 5.41) is 0.536. The zero-order valence-electron chi connectivity index (χ0n) is 9.24. The maximum atomic E-state index is 10.8. The summed E-state index contributed by atoms with van der Waals surface area (Å²) in [5.74, 6) is 0.580. The Balaban J connectivity index is 2.44. The van der Waals surface area contributed by atoms with E-state index in [-0.39, 0.29) is 0 Å². The van der Waals surface area contributed by atoms with Crippen molar-refractivity contribution in [2.75, 3.05) is 20.3 Å². The number of halogens is 1. The number of ether oxygens (including phenoxy) is 2. The Kier molecular flexibility index (Phi) is 5.90. The van der Waals surface area contributed by atoms with E-state index in [4.69, 9.17) is 21.1 Å². The van der Waals surface area contributed by atoms with Crippen molar-refractivity contribution in [2.45, 2.75) is 12.8 Å². The van der Waals surface area contributed by atoms with E-state index in [2.05, 4.69) is 0 Å². The molecule has 0 unspecified atom stereocenters. The van der Waals surface area contributed by atoms with E-state index in [9.17, 15) is 4.79 Å². The third kappa shape index (κ3) is 4.21. The highest BCUT2D eigenvalue weighted by atomic mass is 35.5. The van der Waals surface area contributed by atoms with Gasteiger partial charge in [0, 0.05) is 18.7 Å². The van der Waals surface area contributed by atoms with E-state index < -0.39 is 0 Å². The Morgan fingerprint density at radius 2 is 2.06 bits per heavy atom. The third-order valence-corrected chi connectivity index (χ3v) is 2.33. The third-order valence-electron chi connectivity index (χ3n) is 2.10. The Morgan fingerprint density at radius 3 is 2.75 bits per heavy atom. The summed E-state index contributed by atoms with van der Waals surface area (Å²) in [5.41, 5.74) is 0.485. The number of carbonyl (C=O) groups excluding carboxylic acids is 1. The molecular formula is C12H15ClO3. The molecule has 0 N–H and O–H groups in total. The number of rotatable bonds is 7. The average Bonchev–Trinajstić information content (AvgIpc) is 2.30. The highest BCUT2D eigenvalue weighted by Crippen LogP contribution is 2.21. The number of unbranched alkanes of at least 4 members (excludes halogenated alkanes) is 1. The fourth-order valence-corrected chi connectivity index (χ4v) is 1.45. The first-order valence-corrected chi connectivity index (χ1v) is 5.52. The predicted octanol–water partition coefficient (Wildman–Crippen LogP) is 2.96. The summed E-state index contributed by atoms with van der Waals surface area (Å²) in [4.78, 5) is 10.8. The molecule has 0 aliphatic heterocycles. The number of hydrogen-bond acceptors (Lipinski definition) is 3. The molecule has 1 rings (SSSR count). The lowest BCUT2D eigenvalue weighted by atomic mass is 10.2. The maximum Gasteiger partial charge on any atom is 0.153 e. The van der Waals surface area contributed by atoms with Crippen LogP contribution in [-0.2, 0) is 4.74 Å². The van der Waals surface area contributed by atoms with E-state index in [0.717, 1.165) is 25.7 Å². The van der Waals surface area contributed by atoms with Crippen LogP contribution in [0.15, 0.2) is 18.2 Å². The lowest BCUT2D eigenvalue weighted by Gasteiger charge is -2.08. The number of hydrogen-bond donors (Lipinski definition) is 0. The van der Waals surface area contributed by atoms with Crippen molar-refractivity contribution in [3.05, 3.63) is 28.8 Å². The molecule has 0 saturated heterocycles. The molecule has 0 spiro atoms. The van der Waals surface area contributed by atoms with Gasteiger partial charge >= 0.3 is 0 Å². The van der Waals surface area contributed by atoms with E-state index in [0.29, 0.717) is 22.9 Å². The quantitative estimate of drug-likeness (QED) is 0.545. The lowest BCUT2D eigenvalue weighted by Crippen LogP contribution is -2.01. The van der Waals surface area contributed by atoms with Crippen LogP contribution in [0.4, 0.5) is 0 Å². The molecule has 0 radical (unpaired) electrons. The molecule has 3 nitrogen and oxygen atoms in total. The van der Waals surface area contributed by atoms with E-state index >= 15 is 0 Å². The van der Waals surface area contributed by atoms with Gasteiger partial charge in [-0.2, -0.15) is 0 Å². The summed E-state index contributed by atoms with van der Waals surface area (Å²) in [6.45, 7) is 1.30. The minimum atomic E-state index is 0.485. The van der Waals surface area contributed by atoms with E-state index in [1.807, 2.05) is 0 Å². The number of methoxy groups -OCH3 is 1. The van der Waals surface area contributed by atoms with Crippen molar-refractivity contribution in [2.24, 2.45) is 0 Å². The van der Waals surface area contributed by atoms with Gasteiger partial charge in [0.15, 0.2) is 6.29 Å². The summed E-state index contributed by atoms with van der Waals surface area (Å²) < 4.78 is 10.4. The number of carbonyl (C=O) groups is 1. The largest absolute Gasteiger partial charge is 0.493 e. The summed E-state index contributed by atoms with van der Waals surface area (Å²) in [7, 11) is 1.67. The topological polar surface area (TPSA) is 35.5 Å². The second-order valence-corrected chi connectivity index (χ2v) is 3.78. The zero-order valence-corrected chi connectivity index (χ0v) is 10.00. The van der Waals surface area contributed by atoms with Gasteiger partial charge in [0.1, 0.15) is 5.75 Å². The van der Waals surface area contributed by atoms with Crippen LogP contribution in [0.2, 0.25) is 5.02 Å². The first kappa shape index (κ1) is 13.0. The molecule has 0 saturated carbocycles. The highest BCUT2D eigenvalue weighted by molar-refractivity contribution is 6.30. The van der Waals surface area contributed by atoms with Gasteiger partial charge < -0.3 is 9.47 Å². The summed E-state index contributed by atoms with van der Waals surface area (Å²) >= 11 is 5.77. The van der Waals surface area contributed by atoms with Crippen LogP contribution >= 0.6 is 11.6 Å². The molecule has 0 aliphatic rings. The molecular weight excluding hydrogens is 228 g/mol. The van der Waals surface area contributed by atoms with Gasteiger partial charge in [-0.05, 0) is 31.0 Å². The Bertz CT molecular complexity index is 339. The molecule has 0 amide bonds. The average molecular weight is 243 g/mol. The normalized spacial score (nSPS) is 10.1. The van der Waals surface area contributed by atoms with Gasteiger partial charge in [-0.25, -0.2) is 0 Å². The standard InChI is InChI=1S/C12H15ClO3/c1-15-6-2-3-7-16-12-5-4-11(13)8-10(12)9-14/h4-5,8-9H,2-3,6-7H2,1H3. The first-order chi connectivity index (χ1) is 7.77. The van der Waals surface area contributed by atoms with Crippen LogP contribution in [0.25, 0.3) is 0 Å². The van der Waals surface area contributed by atoms with Crippen LogP contribution in [0.3, 0.4) is 0 Å². The second-order valence-electron chi connectivity index (χ2n) is 3.35. The molecule has 0 atom stereocenters. The minimum absolute atomic E-state index is 0.485. The molecule has 88 valence electrons. The second kappa shape index (κ2) is 7.25. The van der Waals surface area contributed by atoms with Crippen molar-refractivity contribution >= 4 is 17.9 Å². The van der Waals surface area contributed by atoms with Gasteiger partial charge in [-0.3, -0.25) is 4.79 Å². The molecule has 1 aromatic carbocycles. The minimum Gasteiger partial charge on any atom is -0.493 e. The van der Waals surface area contributed by atoms with Crippen molar-refractivity contribution in [1.82, 2.24) is 0 Å². The predicted molar refractivity (Wildman–Crippen MR) is 63.4 cm³/mol. The van der Waals surface area contributed by atoms with Crippen molar-refractivity contribution in [1.29, 1.82) is 0 Å². The maximum absolute atomic E-state index is 10.8. The molecule has 0 aromatic heterocycles. The molecule has 16 heavy (non-hydrogen) atoms. The van der Waals surface area contributed by atoms with E-state index in [1.165, 1.54) is 0 Å². The molecule has 4 heteroatoms. The Labute approximate surface area is 100 Å². The number of benzene rings is 1. The Hall–Kier alpha value is -1.06. The van der Waals surface area contributed by atoms with Gasteiger partial charge in [0.2, 0.25) is 0 Å². The van der Waals surface area contributed by atoms with Crippen molar-refractivity contribution in [3.63, 3.8) is 0 Å². The number of aldehydes is 1. The summed E-state index contributed by atoms with van der Waals surface area (Å²) in [6.07, 6.45) is 2.59. The monoisotopic (exact) mass is 242 g/mol. The molecule has 0 bridgehead atoms. The Morgan fingerprint density at radius 1 is 1.31 bits per heavy atom. The van der Waals surface area contributed by atoms with Crippen LogP contribution in [-0.4, -0.2) is 26.6 Å². The highest BCUT2D eigenvalue weighted by Gasteiger charge is 2.03. The van der Waals surface area contributed by atoms with Crippen molar-refractivity contribution in [3.8, 4) is 5.75 Å².